The van der Waals surface area contributed by atoms with Gasteiger partial charge in [-0.1, -0.05) is 5.57 Å². The molecule has 59 valence electrons. The minimum absolute atomic E-state index is 0.813. The summed E-state index contributed by atoms with van der Waals surface area (Å²) >= 11 is 0. The van der Waals surface area contributed by atoms with Crippen LogP contribution in [-0.2, 0) is 4.43 Å². The van der Waals surface area contributed by atoms with E-state index in [0.29, 0.717) is 0 Å². The van der Waals surface area contributed by atoms with Crippen LogP contribution in [0.4, 0.5) is 0 Å². The maximum absolute atomic E-state index is 5.31. The molecule has 0 bridgehead atoms. The molecule has 2 aliphatic carbocycles. The largest absolute Gasteiger partial charge is 0.556 e. The summed E-state index contributed by atoms with van der Waals surface area (Å²) in [4.78, 5) is 0. The first-order valence-electron chi connectivity index (χ1n) is 4.22. The van der Waals surface area contributed by atoms with Gasteiger partial charge in [-0.2, -0.15) is 0 Å². The Bertz CT molecular complexity index is 228. The van der Waals surface area contributed by atoms with Gasteiger partial charge in [0, 0.05) is 0 Å². The van der Waals surface area contributed by atoms with Crippen molar-refractivity contribution in [1.29, 1.82) is 0 Å². The molecule has 0 N–H and O–H groups in total. The van der Waals surface area contributed by atoms with Gasteiger partial charge in [0.1, 0.15) is 0 Å². The lowest BCUT2D eigenvalue weighted by Crippen LogP contribution is -1.94. The quantitative estimate of drug-likeness (QED) is 0.531. The number of hydrogen-bond acceptors (Lipinski definition) is 1. The average Bonchev–Trinajstić information content (AvgIpc) is 2.46. The fourth-order valence-corrected chi connectivity index (χ4v) is 2.02. The van der Waals surface area contributed by atoms with Gasteiger partial charge in [0.15, 0.2) is 0 Å². The molecule has 0 heterocycles. The second kappa shape index (κ2) is 2.86. The first kappa shape index (κ1) is 7.16. The summed E-state index contributed by atoms with van der Waals surface area (Å²) in [5.41, 5.74) is 3.06. The highest BCUT2D eigenvalue weighted by molar-refractivity contribution is 5.99. The molecule has 0 aromatic rings. The summed E-state index contributed by atoms with van der Waals surface area (Å²) in [7, 11) is 0.813. The van der Waals surface area contributed by atoms with Gasteiger partial charge >= 0.3 is 0 Å². The third-order valence-corrected chi connectivity index (χ3v) is 2.89. The van der Waals surface area contributed by atoms with Gasteiger partial charge in [-0.25, -0.2) is 0 Å². The summed E-state index contributed by atoms with van der Waals surface area (Å²) in [5.74, 6) is 1.10. The molecule has 0 aromatic carbocycles. The zero-order valence-electron chi connectivity index (χ0n) is 6.89. The second-order valence-electron chi connectivity index (χ2n) is 3.15. The minimum atomic E-state index is 0.813. The average molecular weight is 165 g/mol. The van der Waals surface area contributed by atoms with Crippen molar-refractivity contribution >= 4 is 10.5 Å². The van der Waals surface area contributed by atoms with Crippen molar-refractivity contribution in [2.75, 3.05) is 0 Å². The summed E-state index contributed by atoms with van der Waals surface area (Å²) in [6.07, 6.45) is 9.67. The van der Waals surface area contributed by atoms with Crippen LogP contribution in [0.3, 0.4) is 0 Å². The van der Waals surface area contributed by atoms with Crippen LogP contribution in [0.2, 0.25) is 0 Å². The number of rotatable bonds is 1. The lowest BCUT2D eigenvalue weighted by molar-refractivity contribution is 0.484. The number of hydrogen-bond donors (Lipinski definition) is 0. The Labute approximate surface area is 70.7 Å². The number of allylic oxidation sites excluding steroid dienone is 3. The van der Waals surface area contributed by atoms with Gasteiger partial charge in [-0.15, -0.1) is 0 Å². The van der Waals surface area contributed by atoms with E-state index >= 15 is 0 Å². The molecule has 0 amide bonds. The molecular formula is C9H13OSi. The first-order chi connectivity index (χ1) is 5.40. The van der Waals surface area contributed by atoms with Crippen LogP contribution in [0, 0.1) is 6.42 Å². The minimum Gasteiger partial charge on any atom is -0.556 e. The van der Waals surface area contributed by atoms with Gasteiger partial charge in [-0.05, 0) is 37.3 Å². The van der Waals surface area contributed by atoms with Crippen LogP contribution in [0.5, 0.6) is 0 Å². The Morgan fingerprint density at radius 1 is 1.18 bits per heavy atom. The van der Waals surface area contributed by atoms with E-state index in [-0.39, 0.29) is 0 Å². The fraction of sp³-hybridized carbons (Fsp3) is 0.444. The predicted octanol–water partition coefficient (Wildman–Crippen LogP) is 1.26. The molecule has 0 aromatic heterocycles. The highest BCUT2D eigenvalue weighted by Gasteiger charge is 2.18. The first-order valence-corrected chi connectivity index (χ1v) is 5.04. The predicted molar refractivity (Wildman–Crippen MR) is 48.9 cm³/mol. The zero-order valence-corrected chi connectivity index (χ0v) is 8.89. The van der Waals surface area contributed by atoms with E-state index in [9.17, 15) is 0 Å². The molecule has 1 nitrogen and oxygen atoms in total. The lowest BCUT2D eigenvalue weighted by atomic mass is 9.94. The maximum Gasteiger partial charge on any atom is 0.203 e. The monoisotopic (exact) mass is 165 g/mol. The molecule has 0 spiro atoms. The Kier molecular flexibility index (Phi) is 1.86. The summed E-state index contributed by atoms with van der Waals surface area (Å²) in [6, 6.07) is 0. The Balaban J connectivity index is 2.14. The van der Waals surface area contributed by atoms with Crippen LogP contribution in [0.1, 0.15) is 25.7 Å². The molecule has 2 heteroatoms. The third kappa shape index (κ3) is 1.27. The van der Waals surface area contributed by atoms with Gasteiger partial charge < -0.3 is 4.43 Å². The maximum atomic E-state index is 5.31. The summed E-state index contributed by atoms with van der Waals surface area (Å²) in [6.45, 7) is 0. The standard InChI is InChI=1S/C9H13OSi/c11-10-9-5-7-3-1-2-4-8(7)6-9/h5-6H,1-4H2,11H3. The van der Waals surface area contributed by atoms with E-state index in [1.165, 1.54) is 36.8 Å². The molecule has 0 saturated heterocycles. The highest BCUT2D eigenvalue weighted by Crippen LogP contribution is 2.34. The molecular weight excluding hydrogens is 152 g/mol. The molecule has 0 fully saturated rings. The van der Waals surface area contributed by atoms with Crippen molar-refractivity contribution in [1.82, 2.24) is 0 Å². The van der Waals surface area contributed by atoms with Gasteiger partial charge in [0.25, 0.3) is 0 Å². The van der Waals surface area contributed by atoms with Gasteiger partial charge in [0.2, 0.25) is 10.5 Å². The lowest BCUT2D eigenvalue weighted by Gasteiger charge is -2.11. The topological polar surface area (TPSA) is 9.23 Å². The second-order valence-corrected chi connectivity index (χ2v) is 3.56. The molecule has 0 saturated carbocycles. The van der Waals surface area contributed by atoms with Gasteiger partial charge in [-0.3, -0.25) is 0 Å². The van der Waals surface area contributed by atoms with E-state index in [1.807, 2.05) is 0 Å². The Morgan fingerprint density at radius 3 is 2.55 bits per heavy atom. The van der Waals surface area contributed by atoms with E-state index in [0.717, 1.165) is 16.2 Å². The van der Waals surface area contributed by atoms with Crippen LogP contribution >= 0.6 is 0 Å². The van der Waals surface area contributed by atoms with Crippen molar-refractivity contribution in [3.05, 3.63) is 29.4 Å². The highest BCUT2D eigenvalue weighted by atomic mass is 28.2. The third-order valence-electron chi connectivity index (χ3n) is 2.42. The normalized spacial score (nSPS) is 23.5. The van der Waals surface area contributed by atoms with Crippen molar-refractivity contribution < 1.29 is 4.43 Å². The Morgan fingerprint density at radius 2 is 1.91 bits per heavy atom. The summed E-state index contributed by atoms with van der Waals surface area (Å²) in [5, 5.41) is 0. The van der Waals surface area contributed by atoms with E-state index < -0.39 is 0 Å². The molecule has 1 radical (unpaired) electrons. The SMILES string of the molecule is [SiH3]OC1=CC2=C([CH]1)CCCC2. The van der Waals surface area contributed by atoms with E-state index in [1.54, 1.807) is 0 Å². The van der Waals surface area contributed by atoms with E-state index in [4.69, 9.17) is 4.43 Å². The summed E-state index contributed by atoms with van der Waals surface area (Å²) < 4.78 is 5.31. The fourth-order valence-electron chi connectivity index (χ4n) is 1.78. The molecule has 0 atom stereocenters. The Hall–Kier alpha value is -0.503. The van der Waals surface area contributed by atoms with Crippen molar-refractivity contribution in [2.24, 2.45) is 0 Å². The smallest absolute Gasteiger partial charge is 0.203 e. The van der Waals surface area contributed by atoms with E-state index in [2.05, 4.69) is 12.5 Å². The molecule has 11 heavy (non-hydrogen) atoms. The molecule has 0 aliphatic heterocycles. The molecule has 2 rings (SSSR count). The zero-order chi connectivity index (χ0) is 7.68. The van der Waals surface area contributed by atoms with Crippen LogP contribution < -0.4 is 0 Å². The van der Waals surface area contributed by atoms with Crippen LogP contribution in [0.15, 0.2) is 23.0 Å². The van der Waals surface area contributed by atoms with Gasteiger partial charge in [0.05, 0.1) is 12.2 Å². The molecule has 0 unspecified atom stereocenters. The van der Waals surface area contributed by atoms with Crippen molar-refractivity contribution in [2.45, 2.75) is 25.7 Å². The van der Waals surface area contributed by atoms with Crippen molar-refractivity contribution in [3.8, 4) is 0 Å². The van der Waals surface area contributed by atoms with Crippen molar-refractivity contribution in [3.63, 3.8) is 0 Å². The molecule has 2 aliphatic rings. The van der Waals surface area contributed by atoms with Crippen LogP contribution in [-0.4, -0.2) is 10.5 Å². The van der Waals surface area contributed by atoms with Crippen LogP contribution in [0.25, 0.3) is 0 Å².